The van der Waals surface area contributed by atoms with Crippen LogP contribution in [0.5, 0.6) is 17.8 Å². The number of benzene rings is 1. The molecule has 0 saturated carbocycles. The van der Waals surface area contributed by atoms with Gasteiger partial charge in [-0.3, -0.25) is 0 Å². The van der Waals surface area contributed by atoms with Gasteiger partial charge in [0.15, 0.2) is 11.6 Å². The molecular weight excluding hydrogens is 275 g/mol. The van der Waals surface area contributed by atoms with Crippen LogP contribution >= 0.6 is 0 Å². The highest BCUT2D eigenvalue weighted by Crippen LogP contribution is 2.24. The first-order chi connectivity index (χ1) is 10.1. The number of nitrogens with one attached hydrogen (secondary N) is 1. The summed E-state index contributed by atoms with van der Waals surface area (Å²) in [5.74, 6) is -0.132. The molecule has 0 bridgehead atoms. The van der Waals surface area contributed by atoms with E-state index in [4.69, 9.17) is 9.47 Å². The molecule has 6 nitrogen and oxygen atoms in total. The highest BCUT2D eigenvalue weighted by Gasteiger charge is 2.11. The summed E-state index contributed by atoms with van der Waals surface area (Å²) in [4.78, 5) is 12.1. The molecule has 0 saturated heterocycles. The minimum Gasteiger partial charge on any atom is -0.463 e. The Morgan fingerprint density at radius 2 is 1.95 bits per heavy atom. The summed E-state index contributed by atoms with van der Waals surface area (Å²) in [5, 5.41) is 2.78. The number of ether oxygens (including phenoxy) is 2. The molecule has 1 aromatic carbocycles. The van der Waals surface area contributed by atoms with Crippen molar-refractivity contribution in [1.82, 2.24) is 15.0 Å². The van der Waals surface area contributed by atoms with Crippen LogP contribution in [0.25, 0.3) is 0 Å². The third kappa shape index (κ3) is 4.01. The van der Waals surface area contributed by atoms with Gasteiger partial charge in [-0.05, 0) is 31.0 Å². The van der Waals surface area contributed by atoms with Gasteiger partial charge in [0.1, 0.15) is 0 Å². The second-order valence-electron chi connectivity index (χ2n) is 4.36. The van der Waals surface area contributed by atoms with Crippen molar-refractivity contribution in [3.8, 4) is 17.8 Å². The number of aromatic nitrogens is 3. The van der Waals surface area contributed by atoms with Gasteiger partial charge < -0.3 is 14.8 Å². The molecule has 0 aliphatic rings. The average Bonchev–Trinajstić information content (AvgIpc) is 2.48. The molecule has 0 atom stereocenters. The van der Waals surface area contributed by atoms with E-state index < -0.39 is 5.82 Å². The minimum atomic E-state index is -0.483. The van der Waals surface area contributed by atoms with Crippen LogP contribution in [0.2, 0.25) is 0 Å². The van der Waals surface area contributed by atoms with Crippen LogP contribution in [-0.4, -0.2) is 28.6 Å². The second-order valence-corrected chi connectivity index (χ2v) is 4.36. The Morgan fingerprint density at radius 1 is 1.19 bits per heavy atom. The molecule has 21 heavy (non-hydrogen) atoms. The van der Waals surface area contributed by atoms with Crippen molar-refractivity contribution in [3.05, 3.63) is 29.6 Å². The Morgan fingerprint density at radius 3 is 2.67 bits per heavy atom. The minimum absolute atomic E-state index is 0.0232. The third-order valence-corrected chi connectivity index (χ3v) is 2.54. The van der Waals surface area contributed by atoms with Crippen molar-refractivity contribution < 1.29 is 13.9 Å². The predicted octanol–water partition coefficient (Wildman–Crippen LogP) is 2.94. The van der Waals surface area contributed by atoms with E-state index in [1.165, 1.54) is 6.07 Å². The van der Waals surface area contributed by atoms with Crippen molar-refractivity contribution in [2.45, 2.75) is 20.3 Å². The molecule has 7 heteroatoms. The van der Waals surface area contributed by atoms with E-state index in [2.05, 4.69) is 20.3 Å². The standard InChI is InChI=1S/C14H17FN4O2/c1-4-7-20-13-17-12(16-3)18-14(19-13)21-11-8-9(2)5-6-10(11)15/h5-6,8H,4,7H2,1-3H3,(H,16,17,18,19). The lowest BCUT2D eigenvalue weighted by molar-refractivity contribution is 0.284. The summed E-state index contributed by atoms with van der Waals surface area (Å²) in [6.45, 7) is 4.29. The Balaban J connectivity index is 2.27. The Labute approximate surface area is 122 Å². The molecule has 0 spiro atoms. The van der Waals surface area contributed by atoms with Crippen LogP contribution < -0.4 is 14.8 Å². The Bertz CT molecular complexity index is 622. The van der Waals surface area contributed by atoms with Crippen LogP contribution in [0.4, 0.5) is 10.3 Å². The molecule has 0 aliphatic carbocycles. The number of hydrogen-bond donors (Lipinski definition) is 1. The van der Waals surface area contributed by atoms with E-state index in [0.29, 0.717) is 12.6 Å². The Kier molecular flexibility index (Phi) is 4.86. The number of rotatable bonds is 6. The number of anilines is 1. The largest absolute Gasteiger partial charge is 0.463 e. The monoisotopic (exact) mass is 292 g/mol. The fourth-order valence-electron chi connectivity index (χ4n) is 1.54. The molecule has 0 unspecified atom stereocenters. The van der Waals surface area contributed by atoms with E-state index in [-0.39, 0.29) is 17.8 Å². The highest BCUT2D eigenvalue weighted by atomic mass is 19.1. The first-order valence-corrected chi connectivity index (χ1v) is 6.63. The molecule has 0 fully saturated rings. The van der Waals surface area contributed by atoms with Gasteiger partial charge in [-0.25, -0.2) is 4.39 Å². The van der Waals surface area contributed by atoms with Gasteiger partial charge in [0.25, 0.3) is 0 Å². The zero-order valence-electron chi connectivity index (χ0n) is 12.2. The Hall–Kier alpha value is -2.44. The van der Waals surface area contributed by atoms with Crippen molar-refractivity contribution >= 4 is 5.95 Å². The van der Waals surface area contributed by atoms with Crippen LogP contribution in [-0.2, 0) is 0 Å². The van der Waals surface area contributed by atoms with E-state index in [0.717, 1.165) is 12.0 Å². The van der Waals surface area contributed by atoms with Crippen LogP contribution in [0.3, 0.4) is 0 Å². The van der Waals surface area contributed by atoms with E-state index >= 15 is 0 Å². The molecular formula is C14H17FN4O2. The molecule has 0 aliphatic heterocycles. The predicted molar refractivity (Wildman–Crippen MR) is 76.4 cm³/mol. The number of aryl methyl sites for hydroxylation is 1. The van der Waals surface area contributed by atoms with Gasteiger partial charge in [-0.1, -0.05) is 13.0 Å². The molecule has 112 valence electrons. The molecule has 2 rings (SSSR count). The molecule has 1 aromatic heterocycles. The molecule has 1 heterocycles. The van der Waals surface area contributed by atoms with Crippen LogP contribution in [0.1, 0.15) is 18.9 Å². The van der Waals surface area contributed by atoms with Gasteiger partial charge in [0, 0.05) is 7.05 Å². The molecule has 1 N–H and O–H groups in total. The van der Waals surface area contributed by atoms with Gasteiger partial charge >= 0.3 is 12.0 Å². The van der Waals surface area contributed by atoms with Crippen molar-refractivity contribution in [1.29, 1.82) is 0 Å². The quantitative estimate of drug-likeness (QED) is 0.882. The average molecular weight is 292 g/mol. The number of hydrogen-bond acceptors (Lipinski definition) is 6. The summed E-state index contributed by atoms with van der Waals surface area (Å²) in [6.07, 6.45) is 0.823. The van der Waals surface area contributed by atoms with Crippen molar-refractivity contribution in [2.75, 3.05) is 19.0 Å². The second kappa shape index (κ2) is 6.83. The van der Waals surface area contributed by atoms with Gasteiger partial charge in [0.2, 0.25) is 5.95 Å². The maximum Gasteiger partial charge on any atom is 0.330 e. The summed E-state index contributed by atoms with van der Waals surface area (Å²) >= 11 is 0. The fraction of sp³-hybridized carbons (Fsp3) is 0.357. The number of nitrogens with zero attached hydrogens (tertiary/aromatic N) is 3. The lowest BCUT2D eigenvalue weighted by Crippen LogP contribution is -2.06. The van der Waals surface area contributed by atoms with Crippen LogP contribution in [0.15, 0.2) is 18.2 Å². The topological polar surface area (TPSA) is 69.2 Å². The summed E-state index contributed by atoms with van der Waals surface area (Å²) in [7, 11) is 1.66. The third-order valence-electron chi connectivity index (χ3n) is 2.54. The zero-order chi connectivity index (χ0) is 15.2. The molecule has 0 amide bonds. The first-order valence-electron chi connectivity index (χ1n) is 6.63. The first kappa shape index (κ1) is 15.0. The maximum absolute atomic E-state index is 13.7. The summed E-state index contributed by atoms with van der Waals surface area (Å²) < 4.78 is 24.4. The molecule has 2 aromatic rings. The van der Waals surface area contributed by atoms with Crippen molar-refractivity contribution in [3.63, 3.8) is 0 Å². The van der Waals surface area contributed by atoms with Gasteiger partial charge in [-0.15, -0.1) is 4.98 Å². The van der Waals surface area contributed by atoms with Crippen molar-refractivity contribution in [2.24, 2.45) is 0 Å². The number of halogens is 1. The smallest absolute Gasteiger partial charge is 0.330 e. The SMILES string of the molecule is CCCOc1nc(NC)nc(Oc2cc(C)ccc2F)n1. The lowest BCUT2D eigenvalue weighted by Gasteiger charge is -2.09. The summed E-state index contributed by atoms with van der Waals surface area (Å²) in [6, 6.07) is 4.68. The van der Waals surface area contributed by atoms with Gasteiger partial charge in [0.05, 0.1) is 6.61 Å². The maximum atomic E-state index is 13.7. The fourth-order valence-corrected chi connectivity index (χ4v) is 1.54. The summed E-state index contributed by atoms with van der Waals surface area (Å²) in [5.41, 5.74) is 0.872. The highest BCUT2D eigenvalue weighted by molar-refractivity contribution is 5.33. The molecule has 0 radical (unpaired) electrons. The van der Waals surface area contributed by atoms with Gasteiger partial charge in [-0.2, -0.15) is 9.97 Å². The lowest BCUT2D eigenvalue weighted by atomic mass is 10.2. The van der Waals surface area contributed by atoms with Crippen LogP contribution in [0, 0.1) is 12.7 Å². The zero-order valence-corrected chi connectivity index (χ0v) is 12.2. The van der Waals surface area contributed by atoms with E-state index in [1.807, 2.05) is 13.8 Å². The van der Waals surface area contributed by atoms with E-state index in [1.54, 1.807) is 19.2 Å². The normalized spacial score (nSPS) is 10.3. The van der Waals surface area contributed by atoms with E-state index in [9.17, 15) is 4.39 Å².